The number of ether oxygens (including phenoxy) is 2. The van der Waals surface area contributed by atoms with E-state index in [9.17, 15) is 20.2 Å². The highest BCUT2D eigenvalue weighted by Crippen LogP contribution is 2.38. The number of hydrogen-bond donors (Lipinski definition) is 1. The molecule has 9 heteroatoms. The van der Waals surface area contributed by atoms with E-state index in [1.807, 2.05) is 44.2 Å². The van der Waals surface area contributed by atoms with Gasteiger partial charge in [-0.2, -0.15) is 5.26 Å². The molecule has 3 rings (SSSR count). The fraction of sp³-hybridized carbons (Fsp3) is 0.154. The molecule has 0 unspecified atom stereocenters. The summed E-state index contributed by atoms with van der Waals surface area (Å²) in [6.45, 7) is 4.57. The van der Waals surface area contributed by atoms with Crippen molar-refractivity contribution < 1.29 is 19.2 Å². The Kier molecular flexibility index (Phi) is 8.59. The minimum absolute atomic E-state index is 0.170. The van der Waals surface area contributed by atoms with Gasteiger partial charge in [0.1, 0.15) is 18.2 Å². The van der Waals surface area contributed by atoms with Crippen molar-refractivity contribution in [3.05, 3.63) is 97.5 Å². The van der Waals surface area contributed by atoms with E-state index in [-0.39, 0.29) is 16.9 Å². The number of hydrogen-bond acceptors (Lipinski definition) is 6. The number of carbonyl (C=O) groups excluding carboxylic acids is 1. The van der Waals surface area contributed by atoms with Crippen LogP contribution in [0.1, 0.15) is 23.6 Å². The molecule has 0 atom stereocenters. The third-order valence-electron chi connectivity index (χ3n) is 4.79. The number of rotatable bonds is 9. The second kappa shape index (κ2) is 11.8. The highest BCUT2D eigenvalue weighted by atomic mass is 79.9. The smallest absolute Gasteiger partial charge is 0.271 e. The molecule has 0 aromatic heterocycles. The van der Waals surface area contributed by atoms with Gasteiger partial charge in [0.05, 0.1) is 16.0 Å². The molecule has 178 valence electrons. The second-order valence-electron chi connectivity index (χ2n) is 7.47. The van der Waals surface area contributed by atoms with Crippen LogP contribution in [0.15, 0.2) is 70.7 Å². The Balaban J connectivity index is 1.85. The first-order chi connectivity index (χ1) is 16.8. The summed E-state index contributed by atoms with van der Waals surface area (Å²) in [4.78, 5) is 23.0. The molecule has 1 amide bonds. The lowest BCUT2D eigenvalue weighted by atomic mass is 10.1. The van der Waals surface area contributed by atoms with Crippen molar-refractivity contribution in [2.75, 3.05) is 11.9 Å². The van der Waals surface area contributed by atoms with Gasteiger partial charge in [-0.15, -0.1) is 0 Å². The maximum absolute atomic E-state index is 12.6. The lowest BCUT2D eigenvalue weighted by Crippen LogP contribution is -2.13. The van der Waals surface area contributed by atoms with Gasteiger partial charge in [-0.05, 0) is 65.2 Å². The minimum Gasteiger partial charge on any atom is -0.490 e. The molecule has 8 nitrogen and oxygen atoms in total. The Morgan fingerprint density at radius 3 is 2.63 bits per heavy atom. The summed E-state index contributed by atoms with van der Waals surface area (Å²) >= 11 is 3.50. The van der Waals surface area contributed by atoms with Crippen molar-refractivity contribution >= 4 is 39.3 Å². The van der Waals surface area contributed by atoms with Crippen molar-refractivity contribution in [3.8, 4) is 17.6 Å². The number of nitrogens with zero attached hydrogens (tertiary/aromatic N) is 2. The number of benzene rings is 3. The predicted octanol–water partition coefficient (Wildman–Crippen LogP) is 6.19. The summed E-state index contributed by atoms with van der Waals surface area (Å²) in [5, 5.41) is 23.0. The van der Waals surface area contributed by atoms with Gasteiger partial charge in [0.2, 0.25) is 0 Å². The Labute approximate surface area is 211 Å². The quantitative estimate of drug-likeness (QED) is 0.151. The van der Waals surface area contributed by atoms with E-state index < -0.39 is 10.8 Å². The van der Waals surface area contributed by atoms with E-state index in [0.717, 1.165) is 11.1 Å². The van der Waals surface area contributed by atoms with Crippen molar-refractivity contribution in [1.82, 2.24) is 0 Å². The van der Waals surface area contributed by atoms with Crippen LogP contribution in [0.2, 0.25) is 0 Å². The maximum atomic E-state index is 12.6. The van der Waals surface area contributed by atoms with Gasteiger partial charge < -0.3 is 14.8 Å². The molecular weight excluding hydrogens is 514 g/mol. The molecule has 0 fully saturated rings. The predicted molar refractivity (Wildman–Crippen MR) is 136 cm³/mol. The normalized spacial score (nSPS) is 10.9. The molecule has 0 saturated carbocycles. The Hall–Kier alpha value is -4.16. The molecule has 0 aliphatic heterocycles. The third kappa shape index (κ3) is 6.91. The fourth-order valence-corrected chi connectivity index (χ4v) is 3.82. The maximum Gasteiger partial charge on any atom is 0.271 e. The van der Waals surface area contributed by atoms with Crippen LogP contribution in [0.25, 0.3) is 6.08 Å². The van der Waals surface area contributed by atoms with Gasteiger partial charge in [0.25, 0.3) is 11.6 Å². The number of non-ortho nitro benzene ring substituents is 1. The van der Waals surface area contributed by atoms with Crippen molar-refractivity contribution in [2.24, 2.45) is 0 Å². The molecule has 0 spiro atoms. The van der Waals surface area contributed by atoms with Crippen LogP contribution in [0.4, 0.5) is 11.4 Å². The SMILES string of the molecule is CCOc1cc(/C=C(\C#N)C(=O)Nc2cccc([N+](=O)[O-])c2)cc(Br)c1OCc1cccc(C)c1. The van der Waals surface area contributed by atoms with Crippen LogP contribution < -0.4 is 14.8 Å². The molecule has 0 aliphatic rings. The molecule has 3 aromatic carbocycles. The first kappa shape index (κ1) is 25.5. The molecular formula is C26H22BrN3O5. The van der Waals surface area contributed by atoms with Crippen LogP contribution >= 0.6 is 15.9 Å². The summed E-state index contributed by atoms with van der Waals surface area (Å²) in [6, 6.07) is 18.7. The highest BCUT2D eigenvalue weighted by molar-refractivity contribution is 9.10. The van der Waals surface area contributed by atoms with E-state index in [1.54, 1.807) is 12.1 Å². The van der Waals surface area contributed by atoms with E-state index in [2.05, 4.69) is 21.2 Å². The van der Waals surface area contributed by atoms with E-state index >= 15 is 0 Å². The number of nitro benzene ring substituents is 1. The van der Waals surface area contributed by atoms with Crippen molar-refractivity contribution in [2.45, 2.75) is 20.5 Å². The molecule has 0 aliphatic carbocycles. The minimum atomic E-state index is -0.693. The number of halogens is 1. The number of carbonyl (C=O) groups is 1. The third-order valence-corrected chi connectivity index (χ3v) is 5.38. The molecule has 0 heterocycles. The van der Waals surface area contributed by atoms with Crippen LogP contribution in [-0.4, -0.2) is 17.4 Å². The average molecular weight is 536 g/mol. The van der Waals surface area contributed by atoms with Crippen LogP contribution in [0, 0.1) is 28.4 Å². The van der Waals surface area contributed by atoms with E-state index in [0.29, 0.717) is 34.7 Å². The summed E-state index contributed by atoms with van der Waals surface area (Å²) in [6.07, 6.45) is 1.41. The summed E-state index contributed by atoms with van der Waals surface area (Å²) in [7, 11) is 0. The first-order valence-corrected chi connectivity index (χ1v) is 11.4. The van der Waals surface area contributed by atoms with Crippen LogP contribution in [0.3, 0.4) is 0 Å². The molecule has 1 N–H and O–H groups in total. The molecule has 35 heavy (non-hydrogen) atoms. The van der Waals surface area contributed by atoms with Crippen LogP contribution in [-0.2, 0) is 11.4 Å². The lowest BCUT2D eigenvalue weighted by Gasteiger charge is -2.15. The average Bonchev–Trinajstić information content (AvgIpc) is 2.82. The summed E-state index contributed by atoms with van der Waals surface area (Å²) in [5.74, 6) is 0.268. The summed E-state index contributed by atoms with van der Waals surface area (Å²) < 4.78 is 12.4. The number of nitrogens with one attached hydrogen (secondary N) is 1. The Bertz CT molecular complexity index is 1330. The van der Waals surface area contributed by atoms with Crippen molar-refractivity contribution in [1.29, 1.82) is 5.26 Å². The Morgan fingerprint density at radius 1 is 1.17 bits per heavy atom. The number of nitro groups is 1. The van der Waals surface area contributed by atoms with Gasteiger partial charge >= 0.3 is 0 Å². The summed E-state index contributed by atoms with van der Waals surface area (Å²) in [5.41, 5.74) is 2.53. The lowest BCUT2D eigenvalue weighted by molar-refractivity contribution is -0.384. The zero-order chi connectivity index (χ0) is 25.4. The molecule has 0 saturated heterocycles. The highest BCUT2D eigenvalue weighted by Gasteiger charge is 2.16. The zero-order valence-corrected chi connectivity index (χ0v) is 20.7. The van der Waals surface area contributed by atoms with Crippen LogP contribution in [0.5, 0.6) is 11.5 Å². The first-order valence-electron chi connectivity index (χ1n) is 10.6. The fourth-order valence-electron chi connectivity index (χ4n) is 3.24. The van der Waals surface area contributed by atoms with Gasteiger partial charge in [-0.25, -0.2) is 0 Å². The zero-order valence-electron chi connectivity index (χ0n) is 19.1. The number of aryl methyl sites for hydroxylation is 1. The largest absolute Gasteiger partial charge is 0.490 e. The van der Waals surface area contributed by atoms with Crippen molar-refractivity contribution in [3.63, 3.8) is 0 Å². The van der Waals surface area contributed by atoms with E-state index in [4.69, 9.17) is 9.47 Å². The molecule has 3 aromatic rings. The number of anilines is 1. The Morgan fingerprint density at radius 2 is 1.94 bits per heavy atom. The number of amides is 1. The standard InChI is InChI=1S/C26H22BrN3O5/c1-3-34-24-13-19(12-23(27)25(24)35-16-18-7-4-6-17(2)10-18)11-20(15-28)26(31)29-21-8-5-9-22(14-21)30(32)33/h4-14H,3,16H2,1-2H3,(H,29,31)/b20-11+. The number of nitriles is 1. The van der Waals surface area contributed by atoms with Gasteiger partial charge in [-0.1, -0.05) is 35.9 Å². The monoisotopic (exact) mass is 535 g/mol. The van der Waals surface area contributed by atoms with E-state index in [1.165, 1.54) is 30.3 Å². The van der Waals surface area contributed by atoms with Gasteiger partial charge in [-0.3, -0.25) is 14.9 Å². The topological polar surface area (TPSA) is 114 Å². The van der Waals surface area contributed by atoms with Gasteiger partial charge in [0.15, 0.2) is 11.5 Å². The molecule has 0 radical (unpaired) electrons. The second-order valence-corrected chi connectivity index (χ2v) is 8.33. The van der Waals surface area contributed by atoms with Gasteiger partial charge in [0, 0.05) is 17.8 Å². The molecule has 0 bridgehead atoms.